The van der Waals surface area contributed by atoms with Crippen molar-refractivity contribution in [3.8, 4) is 22.6 Å². The lowest BCUT2D eigenvalue weighted by atomic mass is 9.99. The van der Waals surface area contributed by atoms with Crippen molar-refractivity contribution in [2.75, 3.05) is 6.79 Å². The Hall–Kier alpha value is -2.49. The van der Waals surface area contributed by atoms with Gasteiger partial charge in [-0.25, -0.2) is 0 Å². The molecule has 1 amide bonds. The van der Waals surface area contributed by atoms with Gasteiger partial charge in [-0.1, -0.05) is 24.3 Å². The molecule has 0 aromatic heterocycles. The Labute approximate surface area is 104 Å². The molecule has 1 aliphatic rings. The molecule has 0 saturated heterocycles. The number of hydrogen-bond acceptors (Lipinski definition) is 3. The number of primary amides is 1. The number of hydrogen-bond donors (Lipinski definition) is 1. The van der Waals surface area contributed by atoms with Crippen LogP contribution in [0.2, 0.25) is 0 Å². The summed E-state index contributed by atoms with van der Waals surface area (Å²) in [7, 11) is 0. The van der Waals surface area contributed by atoms with Crippen molar-refractivity contribution in [1.29, 1.82) is 0 Å². The molecular weight excluding hydrogens is 230 g/mol. The molecule has 18 heavy (non-hydrogen) atoms. The van der Waals surface area contributed by atoms with Crippen LogP contribution in [0.3, 0.4) is 0 Å². The van der Waals surface area contributed by atoms with Crippen molar-refractivity contribution in [3.63, 3.8) is 0 Å². The highest BCUT2D eigenvalue weighted by Crippen LogP contribution is 2.36. The first-order valence-electron chi connectivity index (χ1n) is 5.54. The van der Waals surface area contributed by atoms with Crippen molar-refractivity contribution < 1.29 is 14.3 Å². The van der Waals surface area contributed by atoms with Crippen LogP contribution in [0.4, 0.5) is 0 Å². The quantitative estimate of drug-likeness (QED) is 0.876. The van der Waals surface area contributed by atoms with E-state index >= 15 is 0 Å². The summed E-state index contributed by atoms with van der Waals surface area (Å²) in [5.41, 5.74) is 7.54. The standard InChI is InChI=1S/C14H11NO3/c15-14(16)11-4-2-1-3-10(11)9-5-6-12-13(7-9)18-8-17-12/h1-7H,8H2,(H2,15,16). The average Bonchev–Trinajstić information content (AvgIpc) is 2.85. The van der Waals surface area contributed by atoms with E-state index in [-0.39, 0.29) is 6.79 Å². The summed E-state index contributed by atoms with van der Waals surface area (Å²) in [6, 6.07) is 12.8. The van der Waals surface area contributed by atoms with E-state index in [0.29, 0.717) is 11.3 Å². The minimum atomic E-state index is -0.441. The van der Waals surface area contributed by atoms with E-state index in [2.05, 4.69) is 0 Å². The van der Waals surface area contributed by atoms with Gasteiger partial charge in [0.1, 0.15) is 0 Å². The largest absolute Gasteiger partial charge is 0.454 e. The highest BCUT2D eigenvalue weighted by atomic mass is 16.7. The van der Waals surface area contributed by atoms with Gasteiger partial charge in [0.25, 0.3) is 0 Å². The van der Waals surface area contributed by atoms with Crippen LogP contribution in [-0.4, -0.2) is 12.7 Å². The first-order valence-corrected chi connectivity index (χ1v) is 5.54. The summed E-state index contributed by atoms with van der Waals surface area (Å²) >= 11 is 0. The van der Waals surface area contributed by atoms with E-state index in [1.165, 1.54) is 0 Å². The van der Waals surface area contributed by atoms with Gasteiger partial charge in [-0.05, 0) is 29.3 Å². The molecule has 2 aromatic carbocycles. The normalized spacial score (nSPS) is 12.4. The van der Waals surface area contributed by atoms with Crippen LogP contribution in [0.15, 0.2) is 42.5 Å². The molecule has 0 atom stereocenters. The van der Waals surface area contributed by atoms with Gasteiger partial charge in [-0.15, -0.1) is 0 Å². The predicted octanol–water partition coefficient (Wildman–Crippen LogP) is 2.18. The molecule has 2 aromatic rings. The van der Waals surface area contributed by atoms with Crippen LogP contribution in [0.5, 0.6) is 11.5 Å². The maximum atomic E-state index is 11.4. The smallest absolute Gasteiger partial charge is 0.249 e. The Morgan fingerprint density at radius 1 is 1.06 bits per heavy atom. The maximum absolute atomic E-state index is 11.4. The molecule has 1 aliphatic heterocycles. The lowest BCUT2D eigenvalue weighted by Gasteiger charge is -2.07. The number of ether oxygens (including phenoxy) is 2. The summed E-state index contributed by atoms with van der Waals surface area (Å²) in [5.74, 6) is 0.963. The van der Waals surface area contributed by atoms with Crippen molar-refractivity contribution in [3.05, 3.63) is 48.0 Å². The van der Waals surface area contributed by atoms with E-state index in [0.717, 1.165) is 16.9 Å². The van der Waals surface area contributed by atoms with Crippen LogP contribution < -0.4 is 15.2 Å². The topological polar surface area (TPSA) is 61.6 Å². The molecular formula is C14H11NO3. The average molecular weight is 241 g/mol. The molecule has 2 N–H and O–H groups in total. The zero-order chi connectivity index (χ0) is 12.5. The number of amides is 1. The fourth-order valence-electron chi connectivity index (χ4n) is 2.01. The minimum absolute atomic E-state index is 0.232. The molecule has 0 fully saturated rings. The van der Waals surface area contributed by atoms with Crippen LogP contribution in [0.1, 0.15) is 10.4 Å². The van der Waals surface area contributed by atoms with Crippen LogP contribution >= 0.6 is 0 Å². The third-order valence-electron chi connectivity index (χ3n) is 2.88. The summed E-state index contributed by atoms with van der Waals surface area (Å²) in [6.07, 6.45) is 0. The van der Waals surface area contributed by atoms with Gasteiger partial charge in [0.05, 0.1) is 0 Å². The number of fused-ring (bicyclic) bond motifs is 1. The molecule has 0 bridgehead atoms. The SMILES string of the molecule is NC(=O)c1ccccc1-c1ccc2c(c1)OCO2. The highest BCUT2D eigenvalue weighted by Gasteiger charge is 2.16. The predicted molar refractivity (Wildman–Crippen MR) is 66.5 cm³/mol. The number of nitrogens with two attached hydrogens (primary N) is 1. The van der Waals surface area contributed by atoms with E-state index in [1.807, 2.05) is 30.3 Å². The first kappa shape index (κ1) is 10.7. The first-order chi connectivity index (χ1) is 8.75. The zero-order valence-corrected chi connectivity index (χ0v) is 9.55. The van der Waals surface area contributed by atoms with Gasteiger partial charge in [0.2, 0.25) is 12.7 Å². The Balaban J connectivity index is 2.13. The summed E-state index contributed by atoms with van der Waals surface area (Å²) < 4.78 is 10.6. The minimum Gasteiger partial charge on any atom is -0.454 e. The molecule has 1 heterocycles. The number of carbonyl (C=O) groups excluding carboxylic acids is 1. The molecule has 4 heteroatoms. The third-order valence-corrected chi connectivity index (χ3v) is 2.88. The maximum Gasteiger partial charge on any atom is 0.249 e. The molecule has 0 saturated carbocycles. The van der Waals surface area contributed by atoms with Crippen LogP contribution in [0, 0.1) is 0 Å². The Morgan fingerprint density at radius 3 is 2.67 bits per heavy atom. The number of rotatable bonds is 2. The second-order valence-electron chi connectivity index (χ2n) is 3.98. The lowest BCUT2D eigenvalue weighted by molar-refractivity contribution is 0.100. The van der Waals surface area contributed by atoms with E-state index < -0.39 is 5.91 Å². The van der Waals surface area contributed by atoms with E-state index in [4.69, 9.17) is 15.2 Å². The Morgan fingerprint density at radius 2 is 1.83 bits per heavy atom. The molecule has 0 aliphatic carbocycles. The lowest BCUT2D eigenvalue weighted by Crippen LogP contribution is -2.12. The second kappa shape index (κ2) is 4.07. The van der Waals surface area contributed by atoms with Crippen molar-refractivity contribution >= 4 is 5.91 Å². The number of benzene rings is 2. The van der Waals surface area contributed by atoms with Crippen LogP contribution in [-0.2, 0) is 0 Å². The summed E-state index contributed by atoms with van der Waals surface area (Å²) in [4.78, 5) is 11.4. The molecule has 3 rings (SSSR count). The molecule has 0 unspecified atom stereocenters. The van der Waals surface area contributed by atoms with E-state index in [1.54, 1.807) is 12.1 Å². The van der Waals surface area contributed by atoms with Crippen molar-refractivity contribution in [1.82, 2.24) is 0 Å². The van der Waals surface area contributed by atoms with Gasteiger partial charge in [-0.3, -0.25) is 4.79 Å². The molecule has 0 radical (unpaired) electrons. The molecule has 4 nitrogen and oxygen atoms in total. The third kappa shape index (κ3) is 1.68. The molecule has 0 spiro atoms. The highest BCUT2D eigenvalue weighted by molar-refractivity contribution is 5.99. The van der Waals surface area contributed by atoms with E-state index in [9.17, 15) is 4.79 Å². The number of carbonyl (C=O) groups is 1. The zero-order valence-electron chi connectivity index (χ0n) is 9.55. The second-order valence-corrected chi connectivity index (χ2v) is 3.98. The van der Waals surface area contributed by atoms with Gasteiger partial charge < -0.3 is 15.2 Å². The van der Waals surface area contributed by atoms with Gasteiger partial charge >= 0.3 is 0 Å². The van der Waals surface area contributed by atoms with Gasteiger partial charge in [-0.2, -0.15) is 0 Å². The van der Waals surface area contributed by atoms with Crippen molar-refractivity contribution in [2.45, 2.75) is 0 Å². The van der Waals surface area contributed by atoms with Gasteiger partial charge in [0, 0.05) is 5.56 Å². The fourth-order valence-corrected chi connectivity index (χ4v) is 2.01. The Bertz CT molecular complexity index is 622. The molecule has 90 valence electrons. The fraction of sp³-hybridized carbons (Fsp3) is 0.0714. The Kier molecular flexibility index (Phi) is 2.41. The van der Waals surface area contributed by atoms with Crippen LogP contribution in [0.25, 0.3) is 11.1 Å². The van der Waals surface area contributed by atoms with Gasteiger partial charge in [0.15, 0.2) is 11.5 Å². The summed E-state index contributed by atoms with van der Waals surface area (Å²) in [6.45, 7) is 0.232. The summed E-state index contributed by atoms with van der Waals surface area (Å²) in [5, 5.41) is 0. The van der Waals surface area contributed by atoms with Crippen molar-refractivity contribution in [2.24, 2.45) is 5.73 Å². The monoisotopic (exact) mass is 241 g/mol.